The first-order chi connectivity index (χ1) is 14.1. The number of tetrazole rings is 1. The maximum atomic E-state index is 13.9. The molecule has 0 atom stereocenters. The summed E-state index contributed by atoms with van der Waals surface area (Å²) in [6.07, 6.45) is 0. The zero-order chi connectivity index (χ0) is 20.4. The summed E-state index contributed by atoms with van der Waals surface area (Å²) in [5.41, 5.74) is 0.884. The van der Waals surface area contributed by atoms with Crippen molar-refractivity contribution in [1.82, 2.24) is 20.2 Å². The summed E-state index contributed by atoms with van der Waals surface area (Å²) >= 11 is 0. The van der Waals surface area contributed by atoms with Gasteiger partial charge in [-0.2, -0.15) is 4.68 Å². The average molecular weight is 399 g/mol. The molecule has 0 bridgehead atoms. The molecule has 0 aliphatic carbocycles. The molecule has 1 aliphatic rings. The number of halogens is 1. The summed E-state index contributed by atoms with van der Waals surface area (Å²) in [6, 6.07) is 11.8. The van der Waals surface area contributed by atoms with Crippen LogP contribution in [0.1, 0.15) is 0 Å². The second-order valence-electron chi connectivity index (χ2n) is 6.43. The molecule has 10 nitrogen and oxygen atoms in total. The van der Waals surface area contributed by atoms with Crippen molar-refractivity contribution in [2.45, 2.75) is 0 Å². The van der Waals surface area contributed by atoms with Gasteiger partial charge < -0.3 is 14.5 Å². The largest absolute Gasteiger partial charge is 0.494 e. The van der Waals surface area contributed by atoms with Crippen molar-refractivity contribution < 1.29 is 14.1 Å². The van der Waals surface area contributed by atoms with E-state index < -0.39 is 10.7 Å². The van der Waals surface area contributed by atoms with Crippen molar-refractivity contribution in [3.63, 3.8) is 0 Å². The standard InChI is InChI=1S/C18H18FN7O3/c1-29-17-12-15(16(26(27)28)11-14(17)19)23-7-9-24(10-8-23)18-20-21-22-25(18)13-5-3-2-4-6-13/h2-6,11-12H,7-10H2,1H3. The Kier molecular flexibility index (Phi) is 4.94. The van der Waals surface area contributed by atoms with E-state index in [2.05, 4.69) is 15.5 Å². The van der Waals surface area contributed by atoms with Gasteiger partial charge in [0.15, 0.2) is 11.6 Å². The van der Waals surface area contributed by atoms with Gasteiger partial charge in [-0.15, -0.1) is 0 Å². The molecule has 1 aromatic heterocycles. The average Bonchev–Trinajstić information content (AvgIpc) is 3.24. The molecule has 1 saturated heterocycles. The summed E-state index contributed by atoms with van der Waals surface area (Å²) in [4.78, 5) is 14.7. The molecule has 3 aromatic rings. The van der Waals surface area contributed by atoms with E-state index in [0.29, 0.717) is 37.8 Å². The second kappa shape index (κ2) is 7.70. The predicted molar refractivity (Wildman–Crippen MR) is 103 cm³/mol. The fourth-order valence-electron chi connectivity index (χ4n) is 3.35. The zero-order valence-corrected chi connectivity index (χ0v) is 15.6. The van der Waals surface area contributed by atoms with E-state index in [1.807, 2.05) is 40.1 Å². The third-order valence-electron chi connectivity index (χ3n) is 4.80. The van der Waals surface area contributed by atoms with E-state index in [1.54, 1.807) is 4.68 Å². The number of rotatable bonds is 5. The molecule has 150 valence electrons. The Morgan fingerprint density at radius 2 is 1.79 bits per heavy atom. The lowest BCUT2D eigenvalue weighted by molar-refractivity contribution is -0.384. The van der Waals surface area contributed by atoms with Crippen LogP contribution in [-0.4, -0.2) is 58.4 Å². The number of nitro groups is 1. The number of piperazine rings is 1. The number of hydrogen-bond donors (Lipinski definition) is 0. The normalized spacial score (nSPS) is 14.1. The third kappa shape index (κ3) is 3.53. The summed E-state index contributed by atoms with van der Waals surface area (Å²) in [5.74, 6) is -0.188. The number of ether oxygens (including phenoxy) is 1. The van der Waals surface area contributed by atoms with Crippen LogP contribution in [0.25, 0.3) is 5.69 Å². The van der Waals surface area contributed by atoms with Gasteiger partial charge in [-0.3, -0.25) is 10.1 Å². The first kappa shape index (κ1) is 18.6. The predicted octanol–water partition coefficient (Wildman–Crippen LogP) is 2.04. The number of para-hydroxylation sites is 1. The van der Waals surface area contributed by atoms with Crippen LogP contribution < -0.4 is 14.5 Å². The van der Waals surface area contributed by atoms with Gasteiger partial charge in [0.2, 0.25) is 5.95 Å². The Morgan fingerprint density at radius 1 is 1.10 bits per heavy atom. The van der Waals surface area contributed by atoms with Gasteiger partial charge in [0, 0.05) is 32.2 Å². The van der Waals surface area contributed by atoms with Gasteiger partial charge in [-0.25, -0.2) is 4.39 Å². The van der Waals surface area contributed by atoms with Gasteiger partial charge in [-0.05, 0) is 22.6 Å². The number of nitro benzene ring substituents is 1. The minimum Gasteiger partial charge on any atom is -0.494 e. The van der Waals surface area contributed by atoms with E-state index in [9.17, 15) is 14.5 Å². The summed E-state index contributed by atoms with van der Waals surface area (Å²) in [7, 11) is 1.33. The fraction of sp³-hybridized carbons (Fsp3) is 0.278. The SMILES string of the molecule is COc1cc(N2CCN(c3nnnn3-c3ccccc3)CC2)c([N+](=O)[O-])cc1F. The maximum Gasteiger partial charge on any atom is 0.295 e. The van der Waals surface area contributed by atoms with E-state index >= 15 is 0 Å². The number of methoxy groups -OCH3 is 1. The first-order valence-corrected chi connectivity index (χ1v) is 8.94. The Bertz CT molecular complexity index is 1020. The Labute approximate surface area is 165 Å². The van der Waals surface area contributed by atoms with Crippen LogP contribution in [0.3, 0.4) is 0 Å². The van der Waals surface area contributed by atoms with Crippen molar-refractivity contribution >= 4 is 17.3 Å². The lowest BCUT2D eigenvalue weighted by Gasteiger charge is -2.35. The number of benzene rings is 2. The molecule has 1 fully saturated rings. The minimum atomic E-state index is -0.761. The Morgan fingerprint density at radius 3 is 2.45 bits per heavy atom. The molecular weight excluding hydrogens is 381 g/mol. The molecule has 0 radical (unpaired) electrons. The molecule has 11 heteroatoms. The van der Waals surface area contributed by atoms with Gasteiger partial charge in [0.25, 0.3) is 5.69 Å². The number of anilines is 2. The second-order valence-corrected chi connectivity index (χ2v) is 6.43. The van der Waals surface area contributed by atoms with Crippen LogP contribution in [0.4, 0.5) is 21.7 Å². The van der Waals surface area contributed by atoms with E-state index in [0.717, 1.165) is 11.8 Å². The molecule has 0 spiro atoms. The van der Waals surface area contributed by atoms with Crippen molar-refractivity contribution in [2.24, 2.45) is 0 Å². The molecule has 0 saturated carbocycles. The highest BCUT2D eigenvalue weighted by atomic mass is 19.1. The monoisotopic (exact) mass is 399 g/mol. The number of aromatic nitrogens is 4. The number of hydrogen-bond acceptors (Lipinski definition) is 8. The topological polar surface area (TPSA) is 102 Å². The summed E-state index contributed by atoms with van der Waals surface area (Å²) in [5, 5.41) is 23.4. The number of nitrogens with zero attached hydrogens (tertiary/aromatic N) is 7. The lowest BCUT2D eigenvalue weighted by atomic mass is 10.2. The Balaban J connectivity index is 1.56. The van der Waals surface area contributed by atoms with Crippen LogP contribution in [0.2, 0.25) is 0 Å². The summed E-state index contributed by atoms with van der Waals surface area (Å²) in [6.45, 7) is 2.06. The van der Waals surface area contributed by atoms with Crippen LogP contribution in [-0.2, 0) is 0 Å². The summed E-state index contributed by atoms with van der Waals surface area (Å²) < 4.78 is 20.6. The molecule has 1 aliphatic heterocycles. The molecule has 2 aromatic carbocycles. The maximum absolute atomic E-state index is 13.9. The van der Waals surface area contributed by atoms with E-state index in [4.69, 9.17) is 4.74 Å². The molecule has 29 heavy (non-hydrogen) atoms. The highest BCUT2D eigenvalue weighted by molar-refractivity contribution is 5.67. The van der Waals surface area contributed by atoms with E-state index in [1.165, 1.54) is 13.2 Å². The zero-order valence-electron chi connectivity index (χ0n) is 15.6. The molecule has 2 heterocycles. The van der Waals surface area contributed by atoms with Gasteiger partial charge in [-0.1, -0.05) is 23.3 Å². The third-order valence-corrected chi connectivity index (χ3v) is 4.80. The van der Waals surface area contributed by atoms with Crippen LogP contribution >= 0.6 is 0 Å². The van der Waals surface area contributed by atoms with Crippen molar-refractivity contribution in [3.05, 3.63) is 58.4 Å². The first-order valence-electron chi connectivity index (χ1n) is 8.94. The molecule has 0 N–H and O–H groups in total. The van der Waals surface area contributed by atoms with Crippen molar-refractivity contribution in [2.75, 3.05) is 43.1 Å². The highest BCUT2D eigenvalue weighted by Crippen LogP contribution is 2.35. The van der Waals surface area contributed by atoms with Crippen LogP contribution in [0.5, 0.6) is 5.75 Å². The Hall–Kier alpha value is -3.76. The van der Waals surface area contributed by atoms with Crippen LogP contribution in [0.15, 0.2) is 42.5 Å². The van der Waals surface area contributed by atoms with Crippen LogP contribution in [0, 0.1) is 15.9 Å². The lowest BCUT2D eigenvalue weighted by Crippen LogP contribution is -2.47. The minimum absolute atomic E-state index is 0.0268. The molecule has 0 amide bonds. The highest BCUT2D eigenvalue weighted by Gasteiger charge is 2.28. The quantitative estimate of drug-likeness (QED) is 0.474. The van der Waals surface area contributed by atoms with Gasteiger partial charge in [0.1, 0.15) is 5.69 Å². The van der Waals surface area contributed by atoms with E-state index in [-0.39, 0.29) is 11.4 Å². The fourth-order valence-corrected chi connectivity index (χ4v) is 3.35. The van der Waals surface area contributed by atoms with Gasteiger partial charge in [0.05, 0.1) is 23.8 Å². The van der Waals surface area contributed by atoms with Gasteiger partial charge >= 0.3 is 0 Å². The molecule has 0 unspecified atom stereocenters. The van der Waals surface area contributed by atoms with Crippen molar-refractivity contribution in [3.8, 4) is 11.4 Å². The van der Waals surface area contributed by atoms with Crippen molar-refractivity contribution in [1.29, 1.82) is 0 Å². The smallest absolute Gasteiger partial charge is 0.295 e. The molecular formula is C18H18FN7O3. The molecule has 4 rings (SSSR count).